The SMILES string of the molecule is Cc1c(C#N)cc(C(=O)O)c(C(C)C)c1C. The predicted octanol–water partition coefficient (Wildman–Crippen LogP) is 3.00. The van der Waals surface area contributed by atoms with E-state index in [1.165, 1.54) is 6.07 Å². The van der Waals surface area contributed by atoms with Crippen LogP contribution in [0.25, 0.3) is 0 Å². The van der Waals surface area contributed by atoms with E-state index in [0.29, 0.717) is 5.56 Å². The number of carboxylic acid groups (broad SMARTS) is 1. The van der Waals surface area contributed by atoms with Crippen molar-refractivity contribution >= 4 is 5.97 Å². The first kappa shape index (κ1) is 12.3. The molecule has 1 aromatic rings. The lowest BCUT2D eigenvalue weighted by Crippen LogP contribution is -2.09. The van der Waals surface area contributed by atoms with E-state index in [-0.39, 0.29) is 11.5 Å². The average molecular weight is 217 g/mol. The molecule has 1 aromatic carbocycles. The summed E-state index contributed by atoms with van der Waals surface area (Å²) in [6.45, 7) is 7.64. The highest BCUT2D eigenvalue weighted by atomic mass is 16.4. The summed E-state index contributed by atoms with van der Waals surface area (Å²) < 4.78 is 0. The van der Waals surface area contributed by atoms with E-state index in [9.17, 15) is 4.79 Å². The number of rotatable bonds is 2. The third kappa shape index (κ3) is 1.92. The Bertz CT molecular complexity index is 482. The predicted molar refractivity (Wildman–Crippen MR) is 61.7 cm³/mol. The monoisotopic (exact) mass is 217 g/mol. The average Bonchev–Trinajstić information content (AvgIpc) is 2.20. The van der Waals surface area contributed by atoms with Crippen molar-refractivity contribution < 1.29 is 9.90 Å². The van der Waals surface area contributed by atoms with E-state index >= 15 is 0 Å². The Morgan fingerprint density at radius 1 is 1.38 bits per heavy atom. The summed E-state index contributed by atoms with van der Waals surface area (Å²) in [6.07, 6.45) is 0. The van der Waals surface area contributed by atoms with Crippen LogP contribution in [0.2, 0.25) is 0 Å². The number of aromatic carboxylic acids is 1. The first-order valence-electron chi connectivity index (χ1n) is 5.17. The van der Waals surface area contributed by atoms with Crippen molar-refractivity contribution in [1.29, 1.82) is 5.26 Å². The van der Waals surface area contributed by atoms with E-state index in [2.05, 4.69) is 0 Å². The van der Waals surface area contributed by atoms with Gasteiger partial charge in [0.25, 0.3) is 0 Å². The highest BCUT2D eigenvalue weighted by Gasteiger charge is 2.19. The van der Waals surface area contributed by atoms with Gasteiger partial charge in [-0.3, -0.25) is 0 Å². The van der Waals surface area contributed by atoms with Crippen LogP contribution in [-0.2, 0) is 0 Å². The largest absolute Gasteiger partial charge is 0.478 e. The molecule has 0 unspecified atom stereocenters. The molecule has 0 saturated carbocycles. The third-order valence-electron chi connectivity index (χ3n) is 2.88. The Kier molecular flexibility index (Phi) is 3.34. The van der Waals surface area contributed by atoms with Gasteiger partial charge in [0.15, 0.2) is 0 Å². The van der Waals surface area contributed by atoms with Crippen molar-refractivity contribution in [3.63, 3.8) is 0 Å². The maximum Gasteiger partial charge on any atom is 0.336 e. The maximum atomic E-state index is 11.1. The summed E-state index contributed by atoms with van der Waals surface area (Å²) in [6, 6.07) is 3.51. The molecule has 84 valence electrons. The summed E-state index contributed by atoms with van der Waals surface area (Å²) in [5.41, 5.74) is 3.29. The fourth-order valence-corrected chi connectivity index (χ4v) is 1.97. The van der Waals surface area contributed by atoms with Crippen molar-refractivity contribution in [2.45, 2.75) is 33.6 Å². The molecule has 1 N–H and O–H groups in total. The van der Waals surface area contributed by atoms with Crippen LogP contribution >= 0.6 is 0 Å². The zero-order chi connectivity index (χ0) is 12.5. The van der Waals surface area contributed by atoms with E-state index in [4.69, 9.17) is 10.4 Å². The highest BCUT2D eigenvalue weighted by molar-refractivity contribution is 5.91. The maximum absolute atomic E-state index is 11.1. The van der Waals surface area contributed by atoms with Crippen LogP contribution in [0.5, 0.6) is 0 Å². The van der Waals surface area contributed by atoms with Gasteiger partial charge in [0.2, 0.25) is 0 Å². The topological polar surface area (TPSA) is 61.1 Å². The highest BCUT2D eigenvalue weighted by Crippen LogP contribution is 2.28. The van der Waals surface area contributed by atoms with E-state index in [0.717, 1.165) is 16.7 Å². The smallest absolute Gasteiger partial charge is 0.336 e. The molecule has 0 radical (unpaired) electrons. The van der Waals surface area contributed by atoms with Crippen LogP contribution in [0, 0.1) is 25.2 Å². The molecule has 0 aromatic heterocycles. The van der Waals surface area contributed by atoms with Gasteiger partial charge in [-0.1, -0.05) is 13.8 Å². The quantitative estimate of drug-likeness (QED) is 0.828. The molecule has 3 heteroatoms. The van der Waals surface area contributed by atoms with Crippen LogP contribution in [0.3, 0.4) is 0 Å². The Morgan fingerprint density at radius 2 is 1.94 bits per heavy atom. The molecule has 0 heterocycles. The van der Waals surface area contributed by atoms with Crippen molar-refractivity contribution in [3.05, 3.63) is 33.9 Å². The number of carbonyl (C=O) groups is 1. The summed E-state index contributed by atoms with van der Waals surface area (Å²) in [4.78, 5) is 11.1. The number of nitrogens with zero attached hydrogens (tertiary/aromatic N) is 1. The van der Waals surface area contributed by atoms with Crippen molar-refractivity contribution in [1.82, 2.24) is 0 Å². The second-order valence-electron chi connectivity index (χ2n) is 4.21. The number of hydrogen-bond acceptors (Lipinski definition) is 2. The lowest BCUT2D eigenvalue weighted by molar-refractivity contribution is 0.0695. The molecule has 0 saturated heterocycles. The minimum Gasteiger partial charge on any atom is -0.478 e. The fraction of sp³-hybridized carbons (Fsp3) is 0.385. The van der Waals surface area contributed by atoms with Crippen LogP contribution in [0.4, 0.5) is 0 Å². The molecule has 1 rings (SSSR count). The van der Waals surface area contributed by atoms with Crippen molar-refractivity contribution in [2.75, 3.05) is 0 Å². The minimum atomic E-state index is -0.969. The summed E-state index contributed by atoms with van der Waals surface area (Å²) in [5.74, 6) is -0.833. The first-order valence-corrected chi connectivity index (χ1v) is 5.17. The molecule has 16 heavy (non-hydrogen) atoms. The van der Waals surface area contributed by atoms with E-state index < -0.39 is 5.97 Å². The van der Waals surface area contributed by atoms with E-state index in [1.807, 2.05) is 33.8 Å². The molecule has 0 aliphatic heterocycles. The second-order valence-corrected chi connectivity index (χ2v) is 4.21. The van der Waals surface area contributed by atoms with Gasteiger partial charge >= 0.3 is 5.97 Å². The molecule has 0 bridgehead atoms. The van der Waals surface area contributed by atoms with Crippen LogP contribution in [0.15, 0.2) is 6.07 Å². The van der Waals surface area contributed by atoms with Gasteiger partial charge < -0.3 is 5.11 Å². The third-order valence-corrected chi connectivity index (χ3v) is 2.88. The van der Waals surface area contributed by atoms with Crippen LogP contribution < -0.4 is 0 Å². The normalized spacial score (nSPS) is 10.2. The van der Waals surface area contributed by atoms with Gasteiger partial charge in [0, 0.05) is 0 Å². The van der Waals surface area contributed by atoms with Crippen LogP contribution in [0.1, 0.15) is 52.4 Å². The van der Waals surface area contributed by atoms with Gasteiger partial charge in [-0.15, -0.1) is 0 Å². The number of carboxylic acids is 1. The molecule has 0 aliphatic rings. The molecular formula is C13H15NO2. The Morgan fingerprint density at radius 3 is 2.31 bits per heavy atom. The van der Waals surface area contributed by atoms with Gasteiger partial charge in [-0.2, -0.15) is 5.26 Å². The zero-order valence-electron chi connectivity index (χ0n) is 9.96. The molecule has 0 amide bonds. The summed E-state index contributed by atoms with van der Waals surface area (Å²) >= 11 is 0. The van der Waals surface area contributed by atoms with Gasteiger partial charge in [0.05, 0.1) is 17.2 Å². The molecule has 0 atom stereocenters. The lowest BCUT2D eigenvalue weighted by atomic mass is 9.87. The zero-order valence-corrected chi connectivity index (χ0v) is 9.96. The Balaban J connectivity index is 3.67. The Labute approximate surface area is 95.3 Å². The fourth-order valence-electron chi connectivity index (χ4n) is 1.97. The molecular weight excluding hydrogens is 202 g/mol. The molecule has 0 fully saturated rings. The lowest BCUT2D eigenvalue weighted by Gasteiger charge is -2.16. The second kappa shape index (κ2) is 4.36. The number of nitriles is 1. The molecule has 3 nitrogen and oxygen atoms in total. The minimum absolute atomic E-state index is 0.137. The van der Waals surface area contributed by atoms with E-state index in [1.54, 1.807) is 0 Å². The number of hydrogen-bond donors (Lipinski definition) is 1. The molecule has 0 aliphatic carbocycles. The van der Waals surface area contributed by atoms with Gasteiger partial charge in [-0.05, 0) is 42.5 Å². The molecule has 0 spiro atoms. The summed E-state index contributed by atoms with van der Waals surface area (Å²) in [7, 11) is 0. The van der Waals surface area contributed by atoms with Gasteiger partial charge in [-0.25, -0.2) is 4.79 Å². The number of benzene rings is 1. The summed E-state index contributed by atoms with van der Waals surface area (Å²) in [5, 5.41) is 18.1. The van der Waals surface area contributed by atoms with Crippen LogP contribution in [-0.4, -0.2) is 11.1 Å². The van der Waals surface area contributed by atoms with Gasteiger partial charge in [0.1, 0.15) is 0 Å². The first-order chi connectivity index (χ1) is 7.40. The standard InChI is InChI=1S/C13H15NO2/c1-7(2)12-9(4)8(3)10(6-14)5-11(12)13(15)16/h5,7H,1-4H3,(H,15,16). The van der Waals surface area contributed by atoms with Crippen molar-refractivity contribution in [3.8, 4) is 6.07 Å². The van der Waals surface area contributed by atoms with Crippen molar-refractivity contribution in [2.24, 2.45) is 0 Å². The Hall–Kier alpha value is -1.82.